The molecule has 5 rings (SSSR count). The molecule has 0 aliphatic heterocycles. The maximum absolute atomic E-state index is 5.40. The van der Waals surface area contributed by atoms with Gasteiger partial charge < -0.3 is 4.52 Å². The molecule has 2 aromatic carbocycles. The van der Waals surface area contributed by atoms with Crippen LogP contribution < -0.4 is 0 Å². The van der Waals surface area contributed by atoms with E-state index in [-0.39, 0.29) is 6.04 Å². The number of hydrogen-bond donors (Lipinski definition) is 0. The molecule has 6 heteroatoms. The highest BCUT2D eigenvalue weighted by atomic mass is 127. The Bertz CT molecular complexity index is 1270. The van der Waals surface area contributed by atoms with Gasteiger partial charge in [-0.05, 0) is 71.8 Å². The van der Waals surface area contributed by atoms with E-state index in [1.807, 2.05) is 38.2 Å². The second kappa shape index (κ2) is 7.68. The first-order valence-corrected chi connectivity index (χ1v) is 10.8. The molecule has 1 atom stereocenters. The Morgan fingerprint density at radius 1 is 0.967 bits per heavy atom. The van der Waals surface area contributed by atoms with E-state index >= 15 is 0 Å². The van der Waals surface area contributed by atoms with Crippen LogP contribution in [0.25, 0.3) is 22.0 Å². The molecule has 0 saturated carbocycles. The third kappa shape index (κ3) is 3.21. The number of fused-ring (bicyclic) bond motifs is 1. The summed E-state index contributed by atoms with van der Waals surface area (Å²) in [6, 6.07) is 22.7. The largest absolute Gasteiger partial charge is 0.361 e. The second-order valence-corrected chi connectivity index (χ2v) is 8.26. The van der Waals surface area contributed by atoms with Crippen LogP contribution in [0.2, 0.25) is 0 Å². The summed E-state index contributed by atoms with van der Waals surface area (Å²) in [6.07, 6.45) is 1.83. The van der Waals surface area contributed by atoms with E-state index in [1.54, 1.807) is 0 Å². The first-order chi connectivity index (χ1) is 14.6. The van der Waals surface area contributed by atoms with E-state index in [1.165, 1.54) is 0 Å². The molecule has 0 saturated heterocycles. The van der Waals surface area contributed by atoms with Crippen LogP contribution in [0.1, 0.15) is 28.8 Å². The standard InChI is InChI=1S/C24H19IN4O/c1-15-22(16(2)30-28-15)18-11-12-19-21(14-18)29(27-24(19)25)23(17-8-4-3-5-9-17)20-10-6-7-13-26-20/h3-14,23H,1-2H3. The molecule has 0 aliphatic carbocycles. The molecule has 5 nitrogen and oxygen atoms in total. The molecule has 1 unspecified atom stereocenters. The summed E-state index contributed by atoms with van der Waals surface area (Å²) in [5, 5.41) is 10.2. The van der Waals surface area contributed by atoms with Crippen molar-refractivity contribution in [3.05, 3.63) is 99.3 Å². The summed E-state index contributed by atoms with van der Waals surface area (Å²) in [7, 11) is 0. The Labute approximate surface area is 187 Å². The average molecular weight is 506 g/mol. The number of hydrogen-bond acceptors (Lipinski definition) is 4. The lowest BCUT2D eigenvalue weighted by atomic mass is 10.0. The molecule has 30 heavy (non-hydrogen) atoms. The van der Waals surface area contributed by atoms with Crippen LogP contribution in [0.4, 0.5) is 0 Å². The summed E-state index contributed by atoms with van der Waals surface area (Å²) in [4.78, 5) is 4.66. The van der Waals surface area contributed by atoms with Crippen LogP contribution in [0.15, 0.2) is 77.4 Å². The molecule has 0 spiro atoms. The summed E-state index contributed by atoms with van der Waals surface area (Å²) >= 11 is 2.31. The van der Waals surface area contributed by atoms with Crippen LogP contribution >= 0.6 is 22.6 Å². The summed E-state index contributed by atoms with van der Waals surface area (Å²) in [5.74, 6) is 0.817. The summed E-state index contributed by atoms with van der Waals surface area (Å²) in [6.45, 7) is 3.92. The van der Waals surface area contributed by atoms with Gasteiger partial charge in [0.05, 0.1) is 16.9 Å². The van der Waals surface area contributed by atoms with Crippen molar-refractivity contribution in [2.45, 2.75) is 19.9 Å². The average Bonchev–Trinajstić information content (AvgIpc) is 3.28. The number of nitrogens with zero attached hydrogens (tertiary/aromatic N) is 4. The van der Waals surface area contributed by atoms with Gasteiger partial charge in [0, 0.05) is 17.1 Å². The maximum Gasteiger partial charge on any atom is 0.141 e. The molecule has 3 heterocycles. The number of halogens is 1. The maximum atomic E-state index is 5.40. The zero-order valence-corrected chi connectivity index (χ0v) is 18.7. The number of aryl methyl sites for hydroxylation is 2. The molecule has 0 bridgehead atoms. The molecule has 0 amide bonds. The predicted molar refractivity (Wildman–Crippen MR) is 125 cm³/mol. The lowest BCUT2D eigenvalue weighted by Gasteiger charge is -2.19. The molecule has 3 aromatic heterocycles. The number of benzene rings is 2. The molecule has 0 aliphatic rings. The minimum absolute atomic E-state index is 0.127. The van der Waals surface area contributed by atoms with E-state index in [4.69, 9.17) is 9.62 Å². The SMILES string of the molecule is Cc1noc(C)c1-c1ccc2c(I)nn(C(c3ccccc3)c3ccccn3)c2c1. The zero-order chi connectivity index (χ0) is 20.7. The summed E-state index contributed by atoms with van der Waals surface area (Å²) < 4.78 is 8.44. The lowest BCUT2D eigenvalue weighted by Crippen LogP contribution is -2.15. The Morgan fingerprint density at radius 3 is 2.47 bits per heavy atom. The molecular weight excluding hydrogens is 487 g/mol. The zero-order valence-electron chi connectivity index (χ0n) is 16.6. The van der Waals surface area contributed by atoms with E-state index in [0.717, 1.165) is 48.4 Å². The molecule has 5 aromatic rings. The van der Waals surface area contributed by atoms with Gasteiger partial charge in [-0.1, -0.05) is 47.6 Å². The van der Waals surface area contributed by atoms with Gasteiger partial charge in [0.15, 0.2) is 0 Å². The highest BCUT2D eigenvalue weighted by molar-refractivity contribution is 14.1. The summed E-state index contributed by atoms with van der Waals surface area (Å²) in [5.41, 5.74) is 6.14. The van der Waals surface area contributed by atoms with Crippen molar-refractivity contribution in [3.63, 3.8) is 0 Å². The van der Waals surface area contributed by atoms with Gasteiger partial charge in [0.1, 0.15) is 15.5 Å². The van der Waals surface area contributed by atoms with Crippen LogP contribution in [0.3, 0.4) is 0 Å². The molecule has 0 fully saturated rings. The van der Waals surface area contributed by atoms with Gasteiger partial charge >= 0.3 is 0 Å². The van der Waals surface area contributed by atoms with Gasteiger partial charge in [-0.15, -0.1) is 0 Å². The Morgan fingerprint density at radius 2 is 1.77 bits per heavy atom. The first kappa shape index (κ1) is 19.0. The third-order valence-electron chi connectivity index (χ3n) is 5.31. The minimum atomic E-state index is -0.127. The Kier molecular flexibility index (Phi) is 4.86. The monoisotopic (exact) mass is 506 g/mol. The van der Waals surface area contributed by atoms with E-state index in [0.29, 0.717) is 0 Å². The van der Waals surface area contributed by atoms with E-state index in [9.17, 15) is 0 Å². The predicted octanol–water partition coefficient (Wildman–Crippen LogP) is 5.95. The van der Waals surface area contributed by atoms with Gasteiger partial charge in [-0.3, -0.25) is 9.67 Å². The van der Waals surface area contributed by atoms with Crippen molar-refractivity contribution in [1.82, 2.24) is 19.9 Å². The van der Waals surface area contributed by atoms with Crippen LogP contribution in [-0.2, 0) is 0 Å². The van der Waals surface area contributed by atoms with Crippen molar-refractivity contribution in [3.8, 4) is 11.1 Å². The highest BCUT2D eigenvalue weighted by Gasteiger charge is 2.23. The van der Waals surface area contributed by atoms with Crippen molar-refractivity contribution in [2.24, 2.45) is 0 Å². The fourth-order valence-electron chi connectivity index (χ4n) is 3.96. The third-order valence-corrected chi connectivity index (χ3v) is 6.11. The van der Waals surface area contributed by atoms with Crippen molar-refractivity contribution >= 4 is 33.5 Å². The van der Waals surface area contributed by atoms with Crippen LogP contribution in [-0.4, -0.2) is 19.9 Å². The number of aromatic nitrogens is 4. The fourth-order valence-corrected chi connectivity index (χ4v) is 4.64. The Balaban J connectivity index is 1.77. The normalized spacial score (nSPS) is 12.4. The van der Waals surface area contributed by atoms with Crippen LogP contribution in [0, 0.1) is 17.5 Å². The van der Waals surface area contributed by atoms with Crippen molar-refractivity contribution in [1.29, 1.82) is 0 Å². The molecular formula is C24H19IN4O. The smallest absolute Gasteiger partial charge is 0.141 e. The molecule has 0 radical (unpaired) electrons. The van der Waals surface area contributed by atoms with Gasteiger partial charge in [0.25, 0.3) is 0 Å². The second-order valence-electron chi connectivity index (χ2n) is 7.23. The van der Waals surface area contributed by atoms with E-state index < -0.39 is 0 Å². The Hall–Kier alpha value is -3.00. The highest BCUT2D eigenvalue weighted by Crippen LogP contribution is 2.34. The van der Waals surface area contributed by atoms with Crippen molar-refractivity contribution < 1.29 is 4.52 Å². The van der Waals surface area contributed by atoms with Crippen molar-refractivity contribution in [2.75, 3.05) is 0 Å². The molecule has 0 N–H and O–H groups in total. The lowest BCUT2D eigenvalue weighted by molar-refractivity contribution is 0.393. The van der Waals surface area contributed by atoms with Crippen LogP contribution in [0.5, 0.6) is 0 Å². The number of pyridine rings is 1. The topological polar surface area (TPSA) is 56.7 Å². The van der Waals surface area contributed by atoms with E-state index in [2.05, 4.69) is 85.9 Å². The first-order valence-electron chi connectivity index (χ1n) is 9.70. The number of rotatable bonds is 4. The van der Waals surface area contributed by atoms with Gasteiger partial charge in [-0.2, -0.15) is 5.10 Å². The fraction of sp³-hybridized carbons (Fsp3) is 0.125. The molecule has 148 valence electrons. The quantitative estimate of drug-likeness (QED) is 0.283. The van der Waals surface area contributed by atoms with Gasteiger partial charge in [0.2, 0.25) is 0 Å². The van der Waals surface area contributed by atoms with Gasteiger partial charge in [-0.25, -0.2) is 0 Å². The minimum Gasteiger partial charge on any atom is -0.361 e.